The quantitative estimate of drug-likeness (QED) is 0.700. The van der Waals surface area contributed by atoms with Gasteiger partial charge < -0.3 is 0 Å². The molecule has 3 heteroatoms. The van der Waals surface area contributed by atoms with Crippen molar-refractivity contribution in [2.75, 3.05) is 5.33 Å². The fourth-order valence-electron chi connectivity index (χ4n) is 0.839. The fraction of sp³-hybridized carbons (Fsp3) is 0.222. The van der Waals surface area contributed by atoms with Crippen LogP contribution in [0, 0.1) is 11.7 Å². The number of rotatable bonds is 2. The van der Waals surface area contributed by atoms with E-state index in [2.05, 4.69) is 15.9 Å². The zero-order valence-corrected chi connectivity index (χ0v) is 8.91. The standard InChI is InChI=1S/C9H8BrClF/c1-6(5-10)7-2-3-9(12)8(11)4-7/h2-4H,5H2,1H3. The molecule has 0 saturated heterocycles. The van der Waals surface area contributed by atoms with Crippen molar-refractivity contribution in [3.63, 3.8) is 0 Å². The Hall–Kier alpha value is -0.0800. The van der Waals surface area contributed by atoms with Crippen molar-refractivity contribution in [3.05, 3.63) is 40.5 Å². The maximum absolute atomic E-state index is 12.7. The smallest absolute Gasteiger partial charge is 0.141 e. The molecular formula is C9H8BrClF. The Bertz CT molecular complexity index is 275. The van der Waals surface area contributed by atoms with Gasteiger partial charge in [0, 0.05) is 11.2 Å². The number of halogens is 3. The highest BCUT2D eigenvalue weighted by molar-refractivity contribution is 9.09. The van der Waals surface area contributed by atoms with Gasteiger partial charge in [0.25, 0.3) is 0 Å². The second-order valence-corrected chi connectivity index (χ2v) is 3.51. The molecule has 0 atom stereocenters. The maximum Gasteiger partial charge on any atom is 0.141 e. The third kappa shape index (κ3) is 2.20. The number of hydrogen-bond acceptors (Lipinski definition) is 0. The van der Waals surface area contributed by atoms with Gasteiger partial charge in [0.05, 0.1) is 5.02 Å². The molecule has 1 aromatic rings. The van der Waals surface area contributed by atoms with Gasteiger partial charge in [-0.3, -0.25) is 0 Å². The van der Waals surface area contributed by atoms with Gasteiger partial charge in [0.15, 0.2) is 0 Å². The predicted molar refractivity (Wildman–Crippen MR) is 53.2 cm³/mol. The van der Waals surface area contributed by atoms with Crippen LogP contribution in [0.2, 0.25) is 5.02 Å². The van der Waals surface area contributed by atoms with E-state index in [4.69, 9.17) is 11.6 Å². The molecule has 0 N–H and O–H groups in total. The van der Waals surface area contributed by atoms with Crippen LogP contribution in [0.1, 0.15) is 12.5 Å². The first-order valence-corrected chi connectivity index (χ1v) is 4.99. The van der Waals surface area contributed by atoms with Crippen molar-refractivity contribution in [3.8, 4) is 0 Å². The van der Waals surface area contributed by atoms with Gasteiger partial charge in [-0.05, 0) is 17.7 Å². The van der Waals surface area contributed by atoms with Crippen LogP contribution >= 0.6 is 27.5 Å². The molecule has 0 heterocycles. The van der Waals surface area contributed by atoms with Crippen molar-refractivity contribution < 1.29 is 4.39 Å². The molecule has 0 saturated carbocycles. The topological polar surface area (TPSA) is 0 Å². The van der Waals surface area contributed by atoms with E-state index in [0.29, 0.717) is 0 Å². The minimum Gasteiger partial charge on any atom is -0.205 e. The van der Waals surface area contributed by atoms with Crippen LogP contribution in [-0.4, -0.2) is 5.33 Å². The summed E-state index contributed by atoms with van der Waals surface area (Å²) in [5.41, 5.74) is 0.971. The molecule has 0 amide bonds. The van der Waals surface area contributed by atoms with Crippen LogP contribution < -0.4 is 0 Å². The molecule has 12 heavy (non-hydrogen) atoms. The number of hydrogen-bond donors (Lipinski definition) is 0. The molecule has 0 spiro atoms. The van der Waals surface area contributed by atoms with Crippen LogP contribution in [0.4, 0.5) is 4.39 Å². The molecule has 0 aliphatic carbocycles. The highest BCUT2D eigenvalue weighted by Gasteiger charge is 2.06. The largest absolute Gasteiger partial charge is 0.205 e. The SMILES string of the molecule is C[C](CBr)c1ccc(F)c(Cl)c1. The summed E-state index contributed by atoms with van der Waals surface area (Å²) >= 11 is 8.93. The second kappa shape index (κ2) is 4.24. The summed E-state index contributed by atoms with van der Waals surface area (Å²) in [6.07, 6.45) is 0. The number of alkyl halides is 1. The van der Waals surface area contributed by atoms with Crippen LogP contribution in [0.3, 0.4) is 0 Å². The highest BCUT2D eigenvalue weighted by Crippen LogP contribution is 2.22. The summed E-state index contributed by atoms with van der Waals surface area (Å²) in [6.45, 7) is 1.97. The minimum absolute atomic E-state index is 0.174. The third-order valence-electron chi connectivity index (χ3n) is 1.61. The van der Waals surface area contributed by atoms with Gasteiger partial charge >= 0.3 is 0 Å². The summed E-state index contributed by atoms with van der Waals surface area (Å²) in [7, 11) is 0. The first-order valence-electron chi connectivity index (χ1n) is 3.49. The maximum atomic E-state index is 12.7. The Morgan fingerprint density at radius 2 is 2.25 bits per heavy atom. The van der Waals surface area contributed by atoms with Gasteiger partial charge in [0.2, 0.25) is 0 Å². The lowest BCUT2D eigenvalue weighted by Crippen LogP contribution is -1.95. The van der Waals surface area contributed by atoms with Gasteiger partial charge in [-0.15, -0.1) is 0 Å². The van der Waals surface area contributed by atoms with E-state index < -0.39 is 0 Å². The normalized spacial score (nSPS) is 10.8. The van der Waals surface area contributed by atoms with E-state index in [1.165, 1.54) is 6.07 Å². The van der Waals surface area contributed by atoms with Gasteiger partial charge in [-0.2, -0.15) is 0 Å². The summed E-state index contributed by atoms with van der Waals surface area (Å²) in [5, 5.41) is 0.947. The van der Waals surface area contributed by atoms with Crippen molar-refractivity contribution >= 4 is 27.5 Å². The van der Waals surface area contributed by atoms with E-state index in [-0.39, 0.29) is 10.8 Å². The number of benzene rings is 1. The molecule has 65 valence electrons. The fourth-order valence-corrected chi connectivity index (χ4v) is 1.34. The summed E-state index contributed by atoms with van der Waals surface area (Å²) < 4.78 is 12.7. The predicted octanol–water partition coefficient (Wildman–Crippen LogP) is 3.82. The zero-order chi connectivity index (χ0) is 9.14. The van der Waals surface area contributed by atoms with Crippen LogP contribution in [0.15, 0.2) is 18.2 Å². The Labute approximate surface area is 84.9 Å². The summed E-state index contributed by atoms with van der Waals surface area (Å²) in [4.78, 5) is 0. The van der Waals surface area contributed by atoms with E-state index in [1.54, 1.807) is 12.1 Å². The van der Waals surface area contributed by atoms with Gasteiger partial charge in [-0.25, -0.2) is 4.39 Å². The molecular weight excluding hydrogens is 242 g/mol. The van der Waals surface area contributed by atoms with Crippen LogP contribution in [0.25, 0.3) is 0 Å². The summed E-state index contributed by atoms with van der Waals surface area (Å²) in [6, 6.07) is 4.73. The Morgan fingerprint density at radius 3 is 2.75 bits per heavy atom. The molecule has 0 bridgehead atoms. The molecule has 1 radical (unpaired) electrons. The van der Waals surface area contributed by atoms with E-state index in [1.807, 2.05) is 6.92 Å². The molecule has 0 aliphatic heterocycles. The van der Waals surface area contributed by atoms with Crippen LogP contribution in [-0.2, 0) is 0 Å². The Morgan fingerprint density at radius 1 is 1.58 bits per heavy atom. The third-order valence-corrected chi connectivity index (χ3v) is 2.74. The van der Waals surface area contributed by atoms with Crippen molar-refractivity contribution in [1.82, 2.24) is 0 Å². The molecule has 1 aromatic carbocycles. The lowest BCUT2D eigenvalue weighted by Gasteiger charge is -2.07. The molecule has 1 rings (SSSR count). The monoisotopic (exact) mass is 249 g/mol. The van der Waals surface area contributed by atoms with Gasteiger partial charge in [-0.1, -0.05) is 40.5 Å². The van der Waals surface area contributed by atoms with E-state index in [0.717, 1.165) is 16.8 Å². The average molecular weight is 251 g/mol. The van der Waals surface area contributed by atoms with Crippen molar-refractivity contribution in [2.24, 2.45) is 0 Å². The van der Waals surface area contributed by atoms with Crippen molar-refractivity contribution in [1.29, 1.82) is 0 Å². The molecule has 0 fully saturated rings. The highest BCUT2D eigenvalue weighted by atomic mass is 79.9. The van der Waals surface area contributed by atoms with Crippen LogP contribution in [0.5, 0.6) is 0 Å². The molecule has 0 nitrogen and oxygen atoms in total. The zero-order valence-electron chi connectivity index (χ0n) is 6.57. The van der Waals surface area contributed by atoms with E-state index in [9.17, 15) is 4.39 Å². The lowest BCUT2D eigenvalue weighted by molar-refractivity contribution is 0.628. The Kier molecular flexibility index (Phi) is 3.53. The second-order valence-electron chi connectivity index (χ2n) is 2.54. The van der Waals surface area contributed by atoms with Gasteiger partial charge in [0.1, 0.15) is 5.82 Å². The van der Waals surface area contributed by atoms with Crippen molar-refractivity contribution in [2.45, 2.75) is 6.92 Å². The Balaban J connectivity index is 2.96. The minimum atomic E-state index is -0.372. The molecule has 0 unspecified atom stereocenters. The first kappa shape index (κ1) is 10.0. The van der Waals surface area contributed by atoms with E-state index >= 15 is 0 Å². The molecule has 0 aliphatic rings. The summed E-state index contributed by atoms with van der Waals surface area (Å²) in [5.74, 6) is 0.764. The average Bonchev–Trinajstić information content (AvgIpc) is 2.08. The molecule has 0 aromatic heterocycles. The lowest BCUT2D eigenvalue weighted by atomic mass is 10.0. The first-order chi connectivity index (χ1) is 5.65.